The SMILES string of the molecule is COc1ccc(CC(=O)N(CC2CCCO2)CC2(O)CCC3C45C=CC6(C=C4C(=O)c4cccc(C(F)(F)F)c4)CC(O)CCC6(C)C5CCC32C)cc1OC. The number of methoxy groups -OCH3 is 2. The number of carbonyl (C=O) groups is 2. The minimum atomic E-state index is -4.61. The van der Waals surface area contributed by atoms with Crippen LogP contribution in [0.15, 0.2) is 66.3 Å². The molecule has 0 radical (unpaired) electrons. The fraction of sp³-hybridized carbons (Fsp3) is 0.600. The zero-order valence-electron chi connectivity index (χ0n) is 32.8. The summed E-state index contributed by atoms with van der Waals surface area (Å²) in [7, 11) is 3.11. The molecule has 2 spiro atoms. The van der Waals surface area contributed by atoms with Crippen molar-refractivity contribution in [3.05, 3.63) is 83.0 Å². The number of hydrogen-bond donors (Lipinski definition) is 2. The average molecular weight is 778 g/mol. The van der Waals surface area contributed by atoms with Gasteiger partial charge in [0.05, 0.1) is 50.6 Å². The predicted molar refractivity (Wildman–Crippen MR) is 203 cm³/mol. The van der Waals surface area contributed by atoms with Gasteiger partial charge in [0.15, 0.2) is 17.3 Å². The van der Waals surface area contributed by atoms with Crippen LogP contribution in [0.5, 0.6) is 11.5 Å². The number of amides is 1. The Bertz CT molecular complexity index is 1960. The number of carbonyl (C=O) groups excluding carboxylic acids is 2. The number of alkyl halides is 3. The predicted octanol–water partition coefficient (Wildman–Crippen LogP) is 7.75. The molecule has 9 rings (SSSR count). The number of aliphatic hydroxyl groups is 2. The largest absolute Gasteiger partial charge is 0.493 e. The number of ketones is 1. The summed E-state index contributed by atoms with van der Waals surface area (Å²) in [5.74, 6) is 0.237. The van der Waals surface area contributed by atoms with Crippen molar-refractivity contribution in [3.8, 4) is 11.5 Å². The number of allylic oxidation sites excluding steroid dienone is 4. The third kappa shape index (κ3) is 5.88. The monoisotopic (exact) mass is 777 g/mol. The van der Waals surface area contributed by atoms with Crippen LogP contribution in [0.3, 0.4) is 0 Å². The molecular weight excluding hydrogens is 723 g/mol. The second kappa shape index (κ2) is 13.7. The van der Waals surface area contributed by atoms with Crippen LogP contribution in [0.1, 0.15) is 93.1 Å². The third-order valence-electron chi connectivity index (χ3n) is 15.5. The van der Waals surface area contributed by atoms with Crippen LogP contribution in [-0.2, 0) is 22.1 Å². The van der Waals surface area contributed by atoms with Gasteiger partial charge in [0, 0.05) is 40.5 Å². The fourth-order valence-electron chi connectivity index (χ4n) is 12.5. The van der Waals surface area contributed by atoms with Crippen LogP contribution in [0.25, 0.3) is 0 Å². The van der Waals surface area contributed by atoms with Gasteiger partial charge in [-0.05, 0) is 105 Å². The summed E-state index contributed by atoms with van der Waals surface area (Å²) in [6.07, 6.45) is 6.95. The number of rotatable bonds is 10. The molecule has 4 fully saturated rings. The smallest absolute Gasteiger partial charge is 0.416 e. The van der Waals surface area contributed by atoms with Gasteiger partial charge in [0.25, 0.3) is 0 Å². The van der Waals surface area contributed by atoms with Gasteiger partial charge in [-0.25, -0.2) is 0 Å². The third-order valence-corrected chi connectivity index (χ3v) is 15.5. The van der Waals surface area contributed by atoms with E-state index in [2.05, 4.69) is 26.0 Å². The molecule has 2 aromatic carbocycles. The van der Waals surface area contributed by atoms with Crippen molar-refractivity contribution in [2.75, 3.05) is 33.9 Å². The molecule has 56 heavy (non-hydrogen) atoms. The van der Waals surface area contributed by atoms with E-state index in [-0.39, 0.29) is 47.8 Å². The number of benzene rings is 2. The maximum Gasteiger partial charge on any atom is 0.416 e. The van der Waals surface area contributed by atoms with E-state index in [1.165, 1.54) is 12.1 Å². The first-order valence-electron chi connectivity index (χ1n) is 20.2. The molecule has 11 heteroatoms. The molecule has 302 valence electrons. The van der Waals surface area contributed by atoms with Crippen LogP contribution >= 0.6 is 0 Å². The van der Waals surface area contributed by atoms with E-state index in [1.54, 1.807) is 31.3 Å². The average Bonchev–Trinajstić information content (AvgIpc) is 3.78. The quantitative estimate of drug-likeness (QED) is 0.188. The van der Waals surface area contributed by atoms with Gasteiger partial charge in [0.2, 0.25) is 5.91 Å². The van der Waals surface area contributed by atoms with Crippen LogP contribution in [0.4, 0.5) is 13.2 Å². The lowest BCUT2D eigenvalue weighted by atomic mass is 9.32. The van der Waals surface area contributed by atoms with Crippen LogP contribution in [0, 0.1) is 33.5 Å². The van der Waals surface area contributed by atoms with Crippen molar-refractivity contribution in [1.82, 2.24) is 4.90 Å². The molecule has 2 bridgehead atoms. The molecule has 2 aromatic rings. The molecule has 9 atom stereocenters. The summed E-state index contributed by atoms with van der Waals surface area (Å²) in [6, 6.07) is 10.1. The van der Waals surface area contributed by atoms with Gasteiger partial charge in [-0.3, -0.25) is 9.59 Å². The number of nitrogens with zero attached hydrogens (tertiary/aromatic N) is 1. The van der Waals surface area contributed by atoms with Gasteiger partial charge in [-0.2, -0.15) is 13.2 Å². The fourth-order valence-corrected chi connectivity index (χ4v) is 12.5. The molecule has 7 aliphatic rings. The highest BCUT2D eigenvalue weighted by Crippen LogP contribution is 2.78. The highest BCUT2D eigenvalue weighted by molar-refractivity contribution is 6.10. The van der Waals surface area contributed by atoms with E-state index in [9.17, 15) is 33.0 Å². The Morgan fingerprint density at radius 1 is 0.929 bits per heavy atom. The zero-order valence-corrected chi connectivity index (χ0v) is 32.8. The molecule has 8 nitrogen and oxygen atoms in total. The Hall–Kier alpha value is -3.67. The second-order valence-electron chi connectivity index (χ2n) is 18.0. The van der Waals surface area contributed by atoms with Crippen molar-refractivity contribution >= 4 is 11.7 Å². The normalized spacial score (nSPS) is 37.0. The van der Waals surface area contributed by atoms with E-state index in [1.807, 2.05) is 12.1 Å². The molecule has 3 saturated carbocycles. The van der Waals surface area contributed by atoms with Gasteiger partial charge >= 0.3 is 6.18 Å². The molecule has 9 unspecified atom stereocenters. The summed E-state index contributed by atoms with van der Waals surface area (Å²) in [4.78, 5) is 31.0. The van der Waals surface area contributed by atoms with Crippen molar-refractivity contribution in [2.45, 2.75) is 102 Å². The first-order chi connectivity index (χ1) is 26.5. The first kappa shape index (κ1) is 39.2. The number of halogens is 3. The second-order valence-corrected chi connectivity index (χ2v) is 18.0. The van der Waals surface area contributed by atoms with Crippen LogP contribution in [-0.4, -0.2) is 78.5 Å². The first-order valence-corrected chi connectivity index (χ1v) is 20.2. The Morgan fingerprint density at radius 2 is 1.66 bits per heavy atom. The molecule has 1 saturated heterocycles. The number of ether oxygens (including phenoxy) is 3. The Balaban J connectivity index is 1.17. The van der Waals surface area contributed by atoms with Crippen LogP contribution in [0.2, 0.25) is 0 Å². The summed E-state index contributed by atoms with van der Waals surface area (Å²) >= 11 is 0. The highest BCUT2D eigenvalue weighted by atomic mass is 19.4. The molecular formula is C45H54F3NO7. The summed E-state index contributed by atoms with van der Waals surface area (Å²) in [6.45, 7) is 5.41. The van der Waals surface area contributed by atoms with E-state index in [0.29, 0.717) is 68.7 Å². The maximum atomic E-state index is 14.9. The summed E-state index contributed by atoms with van der Waals surface area (Å²) in [5.41, 5.74) is -3.51. The van der Waals surface area contributed by atoms with Gasteiger partial charge < -0.3 is 29.3 Å². The van der Waals surface area contributed by atoms with Gasteiger partial charge in [-0.1, -0.05) is 50.3 Å². The summed E-state index contributed by atoms with van der Waals surface area (Å²) < 4.78 is 58.8. The number of hydrogen-bond acceptors (Lipinski definition) is 7. The topological polar surface area (TPSA) is 106 Å². The van der Waals surface area contributed by atoms with E-state index >= 15 is 0 Å². The molecule has 0 aromatic heterocycles. The van der Waals surface area contributed by atoms with Crippen molar-refractivity contribution in [2.24, 2.45) is 33.5 Å². The van der Waals surface area contributed by atoms with Gasteiger partial charge in [0.1, 0.15) is 0 Å². The molecule has 1 amide bonds. The lowest BCUT2D eigenvalue weighted by molar-refractivity contribution is -0.179. The van der Waals surface area contributed by atoms with Crippen molar-refractivity contribution in [3.63, 3.8) is 0 Å². The van der Waals surface area contributed by atoms with E-state index in [4.69, 9.17) is 14.2 Å². The molecule has 2 N–H and O–H groups in total. The number of aliphatic hydroxyl groups excluding tert-OH is 1. The Labute approximate surface area is 327 Å². The number of Topliss-reactive ketones (excluding diaryl/α,β-unsaturated/α-hetero) is 1. The molecule has 1 aliphatic heterocycles. The highest BCUT2D eigenvalue weighted by Gasteiger charge is 2.74. The van der Waals surface area contributed by atoms with Crippen LogP contribution < -0.4 is 9.47 Å². The zero-order chi connectivity index (χ0) is 39.9. The van der Waals surface area contributed by atoms with Gasteiger partial charge in [-0.15, -0.1) is 0 Å². The Morgan fingerprint density at radius 3 is 2.38 bits per heavy atom. The standard InChI is InChI=1S/C45H54F3NO7/c1-40-15-12-31(50)24-42(40)18-19-44(33(25-42)39(52)29-7-5-8-30(23-29)45(46,47)48)36(40)13-16-41(2)37(44)14-17-43(41,53)27-49(26-32-9-6-20-56-32)38(51)22-28-10-11-34(54-3)35(21-28)55-4/h5,7-8,10-11,18-19,21,23,25,31-32,36-37,50,53H,6,9,12-17,20,22,24,26-27H2,1-4H3. The molecule has 1 heterocycles. The maximum absolute atomic E-state index is 14.9. The van der Waals surface area contributed by atoms with Crippen molar-refractivity contribution in [1.29, 1.82) is 0 Å². The molecule has 6 aliphatic carbocycles. The lowest BCUT2D eigenvalue weighted by Crippen LogP contribution is -2.67. The van der Waals surface area contributed by atoms with Crippen molar-refractivity contribution < 1.29 is 47.2 Å². The minimum absolute atomic E-state index is 0.0151. The minimum Gasteiger partial charge on any atom is -0.493 e. The number of fused-ring (bicyclic) bond motifs is 1. The van der Waals surface area contributed by atoms with E-state index < -0.39 is 45.5 Å². The lowest BCUT2D eigenvalue weighted by Gasteiger charge is -2.71. The van der Waals surface area contributed by atoms with E-state index in [0.717, 1.165) is 37.0 Å². The Kier molecular flexibility index (Phi) is 9.60. The summed E-state index contributed by atoms with van der Waals surface area (Å²) in [5, 5.41) is 24.1.